The Hall–Kier alpha value is -1.03. The molecule has 0 radical (unpaired) electrons. The Kier molecular flexibility index (Phi) is 1.77. The lowest BCUT2D eigenvalue weighted by molar-refractivity contribution is 0.0697. The van der Waals surface area contributed by atoms with E-state index in [1.54, 1.807) is 0 Å². The predicted molar refractivity (Wildman–Crippen MR) is 45.1 cm³/mol. The third kappa shape index (κ3) is 1.08. The fourth-order valence-electron chi connectivity index (χ4n) is 1.30. The number of hydrogen-bond acceptors (Lipinski definition) is 3. The van der Waals surface area contributed by atoms with Crippen molar-refractivity contribution in [1.29, 1.82) is 0 Å². The van der Waals surface area contributed by atoms with Crippen molar-refractivity contribution < 1.29 is 14.6 Å². The largest absolute Gasteiger partial charge is 0.491 e. The first-order valence-electron chi connectivity index (χ1n) is 3.75. The summed E-state index contributed by atoms with van der Waals surface area (Å²) in [5.41, 5.74) is 1.05. The molecular weight excluding hydrogens is 176 g/mol. The molecule has 0 fully saturated rings. The fourth-order valence-corrected chi connectivity index (χ4v) is 2.18. The summed E-state index contributed by atoms with van der Waals surface area (Å²) in [4.78, 5) is 11.0. The Morgan fingerprint density at radius 3 is 3.25 bits per heavy atom. The van der Waals surface area contributed by atoms with Crippen LogP contribution in [-0.2, 0) is 6.42 Å². The molecule has 0 saturated heterocycles. The molecule has 0 amide bonds. The number of fused-ring (bicyclic) bond motifs is 1. The SMILES string of the molecule is O=C(O)c1scc2c1OCCC2. The molecule has 1 aliphatic rings. The molecule has 0 unspecified atom stereocenters. The monoisotopic (exact) mass is 184 g/mol. The van der Waals surface area contributed by atoms with Gasteiger partial charge in [-0.1, -0.05) is 0 Å². The van der Waals surface area contributed by atoms with Crippen LogP contribution in [0.5, 0.6) is 5.75 Å². The summed E-state index contributed by atoms with van der Waals surface area (Å²) in [6.07, 6.45) is 1.93. The molecule has 0 aliphatic carbocycles. The zero-order chi connectivity index (χ0) is 8.55. The second kappa shape index (κ2) is 2.79. The van der Waals surface area contributed by atoms with Crippen molar-refractivity contribution in [2.45, 2.75) is 12.8 Å². The van der Waals surface area contributed by atoms with Crippen molar-refractivity contribution in [3.63, 3.8) is 0 Å². The molecule has 1 aliphatic heterocycles. The molecule has 12 heavy (non-hydrogen) atoms. The van der Waals surface area contributed by atoms with E-state index in [-0.39, 0.29) is 0 Å². The molecule has 0 bridgehead atoms. The summed E-state index contributed by atoms with van der Waals surface area (Å²) < 4.78 is 5.29. The molecule has 2 rings (SSSR count). The summed E-state index contributed by atoms with van der Waals surface area (Å²) >= 11 is 1.25. The first-order chi connectivity index (χ1) is 5.79. The van der Waals surface area contributed by atoms with Gasteiger partial charge in [0.1, 0.15) is 5.75 Å². The summed E-state index contributed by atoms with van der Waals surface area (Å²) in [7, 11) is 0. The first kappa shape index (κ1) is 7.61. The van der Waals surface area contributed by atoms with Crippen molar-refractivity contribution in [3.05, 3.63) is 15.8 Å². The zero-order valence-electron chi connectivity index (χ0n) is 6.37. The highest BCUT2D eigenvalue weighted by Gasteiger charge is 2.20. The minimum atomic E-state index is -0.886. The molecule has 2 heterocycles. The summed E-state index contributed by atoms with van der Waals surface area (Å²) in [6, 6.07) is 0. The number of aromatic carboxylic acids is 1. The van der Waals surface area contributed by atoms with Crippen LogP contribution in [0.15, 0.2) is 5.38 Å². The number of aryl methyl sites for hydroxylation is 1. The normalized spacial score (nSPS) is 15.0. The summed E-state index contributed by atoms with van der Waals surface area (Å²) in [5.74, 6) is -0.290. The maximum absolute atomic E-state index is 10.7. The van der Waals surface area contributed by atoms with Crippen molar-refractivity contribution in [2.24, 2.45) is 0 Å². The standard InChI is InChI=1S/C8H8O3S/c9-8(10)7-6-5(4-12-7)2-1-3-11-6/h4H,1-3H2,(H,9,10). The van der Waals surface area contributed by atoms with Gasteiger partial charge in [-0.25, -0.2) is 4.79 Å². The van der Waals surface area contributed by atoms with Crippen LogP contribution in [-0.4, -0.2) is 17.7 Å². The predicted octanol–water partition coefficient (Wildman–Crippen LogP) is 1.77. The van der Waals surface area contributed by atoms with Gasteiger partial charge in [-0.3, -0.25) is 0 Å². The molecule has 64 valence electrons. The maximum Gasteiger partial charge on any atom is 0.349 e. The van der Waals surface area contributed by atoms with E-state index < -0.39 is 5.97 Å². The zero-order valence-corrected chi connectivity index (χ0v) is 7.19. The van der Waals surface area contributed by atoms with Gasteiger partial charge in [-0.2, -0.15) is 0 Å². The molecule has 0 atom stereocenters. The Balaban J connectivity index is 2.44. The van der Waals surface area contributed by atoms with Crippen LogP contribution in [0.3, 0.4) is 0 Å². The maximum atomic E-state index is 10.7. The van der Waals surface area contributed by atoms with E-state index in [0.717, 1.165) is 18.4 Å². The minimum absolute atomic E-state index is 0.338. The van der Waals surface area contributed by atoms with Crippen molar-refractivity contribution in [2.75, 3.05) is 6.61 Å². The Bertz CT molecular complexity index is 316. The van der Waals surface area contributed by atoms with E-state index in [1.807, 2.05) is 5.38 Å². The van der Waals surface area contributed by atoms with Crippen molar-refractivity contribution >= 4 is 17.3 Å². The van der Waals surface area contributed by atoms with Crippen LogP contribution < -0.4 is 4.74 Å². The molecule has 4 heteroatoms. The van der Waals surface area contributed by atoms with Crippen LogP contribution in [0.25, 0.3) is 0 Å². The molecular formula is C8H8O3S. The molecule has 0 aromatic carbocycles. The van der Waals surface area contributed by atoms with Crippen molar-refractivity contribution in [1.82, 2.24) is 0 Å². The smallest absolute Gasteiger partial charge is 0.349 e. The van der Waals surface area contributed by atoms with E-state index in [1.165, 1.54) is 11.3 Å². The second-order valence-electron chi connectivity index (χ2n) is 2.68. The van der Waals surface area contributed by atoms with Gasteiger partial charge < -0.3 is 9.84 Å². The average molecular weight is 184 g/mol. The molecule has 0 saturated carbocycles. The first-order valence-corrected chi connectivity index (χ1v) is 4.63. The van der Waals surface area contributed by atoms with Gasteiger partial charge in [0.15, 0.2) is 4.88 Å². The van der Waals surface area contributed by atoms with Crippen LogP contribution in [0, 0.1) is 0 Å². The number of carboxylic acid groups (broad SMARTS) is 1. The van der Waals surface area contributed by atoms with Crippen molar-refractivity contribution in [3.8, 4) is 5.75 Å². The molecule has 0 spiro atoms. The van der Waals surface area contributed by atoms with Gasteiger partial charge in [-0.05, 0) is 18.2 Å². The van der Waals surface area contributed by atoms with Crippen LogP contribution >= 0.6 is 11.3 Å². The highest BCUT2D eigenvalue weighted by Crippen LogP contribution is 2.34. The number of thiophene rings is 1. The van der Waals surface area contributed by atoms with E-state index in [9.17, 15) is 4.79 Å². The topological polar surface area (TPSA) is 46.5 Å². The Morgan fingerprint density at radius 2 is 2.50 bits per heavy atom. The highest BCUT2D eigenvalue weighted by atomic mass is 32.1. The van der Waals surface area contributed by atoms with Crippen LogP contribution in [0.4, 0.5) is 0 Å². The molecule has 1 aromatic heterocycles. The van der Waals surface area contributed by atoms with E-state index in [4.69, 9.17) is 9.84 Å². The quantitative estimate of drug-likeness (QED) is 0.723. The van der Waals surface area contributed by atoms with Gasteiger partial charge in [0.05, 0.1) is 6.61 Å². The lowest BCUT2D eigenvalue weighted by Gasteiger charge is -2.13. The fraction of sp³-hybridized carbons (Fsp3) is 0.375. The third-order valence-electron chi connectivity index (χ3n) is 1.85. The Morgan fingerprint density at radius 1 is 1.67 bits per heavy atom. The number of ether oxygens (including phenoxy) is 1. The Labute approximate surface area is 73.6 Å². The molecule has 1 N–H and O–H groups in total. The van der Waals surface area contributed by atoms with Gasteiger partial charge in [0.2, 0.25) is 0 Å². The lowest BCUT2D eigenvalue weighted by atomic mass is 10.1. The minimum Gasteiger partial charge on any atom is -0.491 e. The lowest BCUT2D eigenvalue weighted by Crippen LogP contribution is -2.08. The number of carbonyl (C=O) groups is 1. The van der Waals surface area contributed by atoms with Gasteiger partial charge >= 0.3 is 5.97 Å². The number of hydrogen-bond donors (Lipinski definition) is 1. The van der Waals surface area contributed by atoms with Gasteiger partial charge in [0, 0.05) is 5.56 Å². The van der Waals surface area contributed by atoms with Crippen LogP contribution in [0.1, 0.15) is 21.7 Å². The average Bonchev–Trinajstić information content (AvgIpc) is 2.47. The molecule has 3 nitrogen and oxygen atoms in total. The summed E-state index contributed by atoms with van der Waals surface area (Å²) in [5, 5.41) is 10.6. The number of rotatable bonds is 1. The summed E-state index contributed by atoms with van der Waals surface area (Å²) in [6.45, 7) is 0.643. The van der Waals surface area contributed by atoms with Gasteiger partial charge in [0.25, 0.3) is 0 Å². The molecule has 1 aromatic rings. The van der Waals surface area contributed by atoms with Gasteiger partial charge in [-0.15, -0.1) is 11.3 Å². The third-order valence-corrected chi connectivity index (χ3v) is 2.85. The highest BCUT2D eigenvalue weighted by molar-refractivity contribution is 7.12. The van der Waals surface area contributed by atoms with E-state index >= 15 is 0 Å². The second-order valence-corrected chi connectivity index (χ2v) is 3.56. The van der Waals surface area contributed by atoms with E-state index in [2.05, 4.69) is 0 Å². The van der Waals surface area contributed by atoms with E-state index in [0.29, 0.717) is 17.2 Å². The van der Waals surface area contributed by atoms with Crippen LogP contribution in [0.2, 0.25) is 0 Å². The number of carboxylic acids is 1.